The first-order valence-corrected chi connectivity index (χ1v) is 8.03. The van der Waals surface area contributed by atoms with Crippen molar-refractivity contribution in [3.8, 4) is 5.75 Å². The van der Waals surface area contributed by atoms with E-state index in [-0.39, 0.29) is 18.7 Å². The minimum atomic E-state index is -3.28. The van der Waals surface area contributed by atoms with Crippen LogP contribution in [-0.4, -0.2) is 30.0 Å². The molecule has 0 saturated carbocycles. The van der Waals surface area contributed by atoms with Crippen LogP contribution in [0, 0.1) is 21.7 Å². The molecule has 3 rings (SSSR count). The molecular weight excluding hydrogens is 386 g/mol. The number of carbonyl (C=O) groups is 1. The van der Waals surface area contributed by atoms with Gasteiger partial charge < -0.3 is 15.0 Å². The predicted molar refractivity (Wildman–Crippen MR) is 90.5 cm³/mol. The first-order valence-electron chi connectivity index (χ1n) is 8.03. The van der Waals surface area contributed by atoms with Gasteiger partial charge >= 0.3 is 12.3 Å². The molecule has 1 saturated heterocycles. The number of carbonyl (C=O) groups excluding carboxylic acids is 1. The molecule has 148 valence electrons. The van der Waals surface area contributed by atoms with Crippen LogP contribution in [-0.2, 0) is 4.79 Å². The van der Waals surface area contributed by atoms with E-state index in [0.717, 1.165) is 29.2 Å². The topological polar surface area (TPSA) is 84.7 Å². The first-order chi connectivity index (χ1) is 13.3. The van der Waals surface area contributed by atoms with Gasteiger partial charge in [0.1, 0.15) is 23.4 Å². The van der Waals surface area contributed by atoms with Crippen LogP contribution in [0.25, 0.3) is 0 Å². The number of rotatable bonds is 6. The zero-order valence-corrected chi connectivity index (χ0v) is 14.1. The van der Waals surface area contributed by atoms with Crippen LogP contribution in [0.3, 0.4) is 0 Å². The third-order valence-electron chi connectivity index (χ3n) is 4.13. The highest BCUT2D eigenvalue weighted by Gasteiger charge is 2.35. The van der Waals surface area contributed by atoms with E-state index in [1.54, 1.807) is 0 Å². The number of para-hydroxylation sites is 1. The van der Waals surface area contributed by atoms with Crippen molar-refractivity contribution in [2.24, 2.45) is 0 Å². The molecule has 1 aliphatic heterocycles. The highest BCUT2D eigenvalue weighted by atomic mass is 19.3. The summed E-state index contributed by atoms with van der Waals surface area (Å²) in [7, 11) is 0. The van der Waals surface area contributed by atoms with E-state index in [0.29, 0.717) is 0 Å². The predicted octanol–water partition coefficient (Wildman–Crippen LogP) is 3.69. The number of alkyl halides is 2. The van der Waals surface area contributed by atoms with Crippen LogP contribution in [0.4, 0.5) is 34.6 Å². The number of hydrogen-bond acceptors (Lipinski definition) is 5. The second-order valence-corrected chi connectivity index (χ2v) is 5.86. The van der Waals surface area contributed by atoms with Crippen molar-refractivity contribution in [3.05, 3.63) is 58.1 Å². The third kappa shape index (κ3) is 3.82. The molecule has 1 amide bonds. The Morgan fingerprint density at radius 3 is 2.50 bits per heavy atom. The number of amides is 1. The van der Waals surface area contributed by atoms with Gasteiger partial charge in [0.05, 0.1) is 4.92 Å². The molecule has 11 heteroatoms. The average molecular weight is 399 g/mol. The Labute approximate surface area is 155 Å². The van der Waals surface area contributed by atoms with Crippen molar-refractivity contribution in [1.82, 2.24) is 0 Å². The van der Waals surface area contributed by atoms with Crippen LogP contribution in [0.5, 0.6) is 5.75 Å². The van der Waals surface area contributed by atoms with E-state index >= 15 is 0 Å². The Hall–Kier alpha value is -3.37. The van der Waals surface area contributed by atoms with Crippen LogP contribution < -0.4 is 15.0 Å². The lowest BCUT2D eigenvalue weighted by Gasteiger charge is -2.19. The number of halogens is 4. The molecule has 0 spiro atoms. The number of nitro benzene ring substituents is 1. The summed E-state index contributed by atoms with van der Waals surface area (Å²) in [5.41, 5.74) is -1.03. The van der Waals surface area contributed by atoms with Crippen molar-refractivity contribution in [1.29, 1.82) is 0 Å². The Morgan fingerprint density at radius 1 is 1.21 bits per heavy atom. The fraction of sp³-hybridized carbons (Fsp3) is 0.235. The van der Waals surface area contributed by atoms with Crippen LogP contribution in [0.15, 0.2) is 36.4 Å². The third-order valence-corrected chi connectivity index (χ3v) is 4.13. The summed E-state index contributed by atoms with van der Waals surface area (Å²) in [6.07, 6.45) is 0.175. The molecule has 0 aromatic heterocycles. The van der Waals surface area contributed by atoms with Gasteiger partial charge in [-0.2, -0.15) is 8.78 Å². The molecule has 0 radical (unpaired) electrons. The standard InChI is InChI=1S/C17H13F4N3O4/c18-10-2-1-3-11(19)15(10)23-7-6-12(16(23)25)22-9-4-5-13(24(26)27)14(8-9)28-17(20)21/h1-5,8,12,17,22H,6-7H2/t12-/m1/s1. The summed E-state index contributed by atoms with van der Waals surface area (Å²) >= 11 is 0. The second kappa shape index (κ2) is 7.71. The molecule has 1 atom stereocenters. The maximum Gasteiger partial charge on any atom is 0.387 e. The van der Waals surface area contributed by atoms with Gasteiger partial charge in [-0.15, -0.1) is 0 Å². The van der Waals surface area contributed by atoms with Gasteiger partial charge in [-0.25, -0.2) is 8.78 Å². The van der Waals surface area contributed by atoms with Crippen molar-refractivity contribution in [2.45, 2.75) is 19.1 Å². The number of hydrogen-bond donors (Lipinski definition) is 1. The van der Waals surface area contributed by atoms with E-state index < -0.39 is 52.2 Å². The van der Waals surface area contributed by atoms with E-state index in [9.17, 15) is 32.5 Å². The smallest absolute Gasteiger partial charge is 0.387 e. The molecule has 2 aromatic carbocycles. The van der Waals surface area contributed by atoms with Gasteiger partial charge in [-0.3, -0.25) is 14.9 Å². The van der Waals surface area contributed by atoms with E-state index in [4.69, 9.17) is 0 Å². The zero-order valence-electron chi connectivity index (χ0n) is 14.1. The molecule has 1 N–H and O–H groups in total. The minimum Gasteiger partial charge on any atom is -0.427 e. The number of anilines is 2. The van der Waals surface area contributed by atoms with E-state index in [2.05, 4.69) is 10.1 Å². The molecule has 1 heterocycles. The monoisotopic (exact) mass is 399 g/mol. The van der Waals surface area contributed by atoms with Gasteiger partial charge in [0, 0.05) is 24.4 Å². The Kier molecular flexibility index (Phi) is 5.34. The summed E-state index contributed by atoms with van der Waals surface area (Å²) in [5.74, 6) is -3.08. The number of nitrogens with zero attached hydrogens (tertiary/aromatic N) is 2. The summed E-state index contributed by atoms with van der Waals surface area (Å²) in [5, 5.41) is 13.6. The lowest BCUT2D eigenvalue weighted by molar-refractivity contribution is -0.386. The van der Waals surface area contributed by atoms with Gasteiger partial charge in [-0.05, 0) is 24.6 Å². The molecule has 0 bridgehead atoms. The summed E-state index contributed by atoms with van der Waals surface area (Å²) in [6, 6.07) is 5.45. The maximum absolute atomic E-state index is 13.9. The maximum atomic E-state index is 13.9. The van der Waals surface area contributed by atoms with Gasteiger partial charge in [0.25, 0.3) is 0 Å². The Balaban J connectivity index is 1.81. The summed E-state index contributed by atoms with van der Waals surface area (Å²) in [4.78, 5) is 23.5. The van der Waals surface area contributed by atoms with Crippen LogP contribution in [0.1, 0.15) is 6.42 Å². The minimum absolute atomic E-state index is 0.0295. The first kappa shape index (κ1) is 19.4. The lowest BCUT2D eigenvalue weighted by atomic mass is 10.2. The summed E-state index contributed by atoms with van der Waals surface area (Å²) < 4.78 is 56.9. The van der Waals surface area contributed by atoms with E-state index in [1.165, 1.54) is 12.1 Å². The van der Waals surface area contributed by atoms with Crippen molar-refractivity contribution >= 4 is 23.0 Å². The van der Waals surface area contributed by atoms with Gasteiger partial charge in [0.15, 0.2) is 0 Å². The lowest BCUT2D eigenvalue weighted by Crippen LogP contribution is -2.34. The average Bonchev–Trinajstić information content (AvgIpc) is 2.95. The zero-order chi connectivity index (χ0) is 20.4. The Morgan fingerprint density at radius 2 is 1.89 bits per heavy atom. The van der Waals surface area contributed by atoms with Crippen molar-refractivity contribution < 1.29 is 32.0 Å². The highest BCUT2D eigenvalue weighted by Crippen LogP contribution is 2.33. The van der Waals surface area contributed by atoms with Crippen molar-refractivity contribution in [2.75, 3.05) is 16.8 Å². The number of nitrogens with one attached hydrogen (secondary N) is 1. The fourth-order valence-corrected chi connectivity index (χ4v) is 2.93. The molecule has 2 aromatic rings. The SMILES string of the molecule is O=C1[C@H](Nc2ccc([N+](=O)[O-])c(OC(F)F)c2)CCN1c1c(F)cccc1F. The second-order valence-electron chi connectivity index (χ2n) is 5.86. The molecule has 0 unspecified atom stereocenters. The van der Waals surface area contributed by atoms with Crippen molar-refractivity contribution in [3.63, 3.8) is 0 Å². The van der Waals surface area contributed by atoms with Crippen LogP contribution in [0.2, 0.25) is 0 Å². The Bertz CT molecular complexity index is 905. The van der Waals surface area contributed by atoms with E-state index in [1.807, 2.05) is 0 Å². The summed E-state index contributed by atoms with van der Waals surface area (Å²) in [6.45, 7) is -3.25. The number of nitro groups is 1. The van der Waals surface area contributed by atoms with Gasteiger partial charge in [0.2, 0.25) is 11.7 Å². The molecule has 28 heavy (non-hydrogen) atoms. The molecular formula is C17H13F4N3O4. The molecule has 1 fully saturated rings. The number of ether oxygens (including phenoxy) is 1. The normalized spacial score (nSPS) is 16.5. The largest absolute Gasteiger partial charge is 0.427 e. The van der Waals surface area contributed by atoms with Crippen LogP contribution >= 0.6 is 0 Å². The molecule has 7 nitrogen and oxygen atoms in total. The highest BCUT2D eigenvalue weighted by molar-refractivity contribution is 6.01. The number of benzene rings is 2. The van der Waals surface area contributed by atoms with Gasteiger partial charge in [-0.1, -0.05) is 6.07 Å². The fourth-order valence-electron chi connectivity index (χ4n) is 2.93. The molecule has 0 aliphatic carbocycles. The molecule has 1 aliphatic rings. The quantitative estimate of drug-likeness (QED) is 0.455.